The van der Waals surface area contributed by atoms with Gasteiger partial charge < -0.3 is 14.6 Å². The maximum atomic E-state index is 12.4. The number of fused-ring (bicyclic) bond motifs is 3. The number of hydrogen-bond donors (Lipinski definition) is 2. The van der Waals surface area contributed by atoms with Gasteiger partial charge in [0.2, 0.25) is 0 Å². The van der Waals surface area contributed by atoms with Crippen LogP contribution in [0.5, 0.6) is 0 Å². The molecule has 1 fully saturated rings. The van der Waals surface area contributed by atoms with Gasteiger partial charge in [0.1, 0.15) is 11.2 Å². The Morgan fingerprint density at radius 2 is 2.00 bits per heavy atom. The zero-order valence-corrected chi connectivity index (χ0v) is 14.0. The summed E-state index contributed by atoms with van der Waals surface area (Å²) in [6.45, 7) is 3.89. The molecule has 1 amide bonds. The maximum absolute atomic E-state index is 12.4. The fourth-order valence-corrected chi connectivity index (χ4v) is 3.73. The molecule has 124 valence electrons. The van der Waals surface area contributed by atoms with Crippen LogP contribution >= 0.6 is 0 Å². The van der Waals surface area contributed by atoms with Crippen molar-refractivity contribution in [3.8, 4) is 0 Å². The fourth-order valence-electron chi connectivity index (χ4n) is 3.73. The standard InChI is InChI=1S/C20H22N2O2/c1-14-6-4-5-11-22(14)13-20(23)21-15-9-10-19-17(12-15)16-7-2-3-8-18(16)24-19/h2-3,7-10,12,14H,4-6,11,13H2,1H3,(H,21,23)/p+1/t14-/m0/s1. The van der Waals surface area contributed by atoms with Crippen LogP contribution in [0.3, 0.4) is 0 Å². The smallest absolute Gasteiger partial charge is 0.279 e. The van der Waals surface area contributed by atoms with Gasteiger partial charge in [-0.3, -0.25) is 4.79 Å². The first-order valence-electron chi connectivity index (χ1n) is 8.76. The Balaban J connectivity index is 1.53. The molecule has 3 aromatic rings. The maximum Gasteiger partial charge on any atom is 0.279 e. The summed E-state index contributed by atoms with van der Waals surface area (Å²) >= 11 is 0. The molecule has 1 unspecified atom stereocenters. The summed E-state index contributed by atoms with van der Waals surface area (Å²) in [7, 11) is 0. The van der Waals surface area contributed by atoms with Crippen molar-refractivity contribution in [2.24, 2.45) is 0 Å². The van der Waals surface area contributed by atoms with Crippen LogP contribution in [0.15, 0.2) is 46.9 Å². The molecular weight excluding hydrogens is 300 g/mol. The molecule has 0 radical (unpaired) electrons. The molecule has 1 aromatic heterocycles. The Morgan fingerprint density at radius 3 is 2.88 bits per heavy atom. The van der Waals surface area contributed by atoms with E-state index in [2.05, 4.69) is 12.2 Å². The lowest BCUT2D eigenvalue weighted by molar-refractivity contribution is -0.920. The number of para-hydroxylation sites is 1. The van der Waals surface area contributed by atoms with Crippen molar-refractivity contribution in [3.05, 3.63) is 42.5 Å². The van der Waals surface area contributed by atoms with Crippen LogP contribution in [-0.2, 0) is 4.79 Å². The van der Waals surface area contributed by atoms with Gasteiger partial charge in [-0.05, 0) is 50.5 Å². The molecule has 2 N–H and O–H groups in total. The largest absolute Gasteiger partial charge is 0.456 e. The molecule has 0 saturated carbocycles. The molecule has 1 aliphatic heterocycles. The number of rotatable bonds is 3. The van der Waals surface area contributed by atoms with Gasteiger partial charge in [0, 0.05) is 16.5 Å². The molecule has 1 aliphatic rings. The summed E-state index contributed by atoms with van der Waals surface area (Å²) in [5.41, 5.74) is 2.56. The molecule has 0 bridgehead atoms. The average Bonchev–Trinajstić information content (AvgIpc) is 2.95. The minimum Gasteiger partial charge on any atom is -0.456 e. The second-order valence-electron chi connectivity index (χ2n) is 6.84. The third kappa shape index (κ3) is 2.89. The highest BCUT2D eigenvalue weighted by Crippen LogP contribution is 2.30. The van der Waals surface area contributed by atoms with E-state index in [1.54, 1.807) is 0 Å². The number of amides is 1. The van der Waals surface area contributed by atoms with E-state index in [-0.39, 0.29) is 5.91 Å². The molecule has 24 heavy (non-hydrogen) atoms. The zero-order chi connectivity index (χ0) is 16.5. The third-order valence-corrected chi connectivity index (χ3v) is 5.13. The molecular formula is C20H23N2O2+. The van der Waals surface area contributed by atoms with Gasteiger partial charge in [-0.2, -0.15) is 0 Å². The van der Waals surface area contributed by atoms with Crippen LogP contribution in [0.1, 0.15) is 26.2 Å². The van der Waals surface area contributed by atoms with E-state index in [0.29, 0.717) is 12.6 Å². The number of quaternary nitrogens is 1. The van der Waals surface area contributed by atoms with Gasteiger partial charge in [0.15, 0.2) is 6.54 Å². The first kappa shape index (κ1) is 15.2. The molecule has 2 aromatic carbocycles. The highest BCUT2D eigenvalue weighted by Gasteiger charge is 2.24. The first-order chi connectivity index (χ1) is 11.7. The van der Waals surface area contributed by atoms with E-state index in [4.69, 9.17) is 4.42 Å². The summed E-state index contributed by atoms with van der Waals surface area (Å²) in [5.74, 6) is 0.0888. The van der Waals surface area contributed by atoms with Crippen molar-refractivity contribution in [1.29, 1.82) is 0 Å². The molecule has 2 heterocycles. The van der Waals surface area contributed by atoms with Crippen molar-refractivity contribution in [2.75, 3.05) is 18.4 Å². The second kappa shape index (κ2) is 6.29. The molecule has 4 heteroatoms. The third-order valence-electron chi connectivity index (χ3n) is 5.13. The average molecular weight is 323 g/mol. The number of furan rings is 1. The Labute approximate surface area is 141 Å². The van der Waals surface area contributed by atoms with Gasteiger partial charge in [0.05, 0.1) is 12.6 Å². The van der Waals surface area contributed by atoms with Gasteiger partial charge in [-0.1, -0.05) is 18.2 Å². The van der Waals surface area contributed by atoms with Crippen molar-refractivity contribution in [1.82, 2.24) is 0 Å². The normalized spacial score (nSPS) is 21.2. The van der Waals surface area contributed by atoms with Gasteiger partial charge in [-0.25, -0.2) is 0 Å². The summed E-state index contributed by atoms with van der Waals surface area (Å²) in [5, 5.41) is 5.18. The molecule has 4 rings (SSSR count). The van der Waals surface area contributed by atoms with Gasteiger partial charge in [0.25, 0.3) is 5.91 Å². The summed E-state index contributed by atoms with van der Waals surface area (Å²) < 4.78 is 5.83. The lowest BCUT2D eigenvalue weighted by Crippen LogP contribution is -3.17. The molecule has 0 aliphatic carbocycles. The predicted molar refractivity (Wildman–Crippen MR) is 96.4 cm³/mol. The van der Waals surface area contributed by atoms with Crippen LogP contribution in [0.4, 0.5) is 5.69 Å². The number of piperidine rings is 1. The first-order valence-corrected chi connectivity index (χ1v) is 8.76. The minimum absolute atomic E-state index is 0.0888. The predicted octanol–water partition coefficient (Wildman–Crippen LogP) is 2.98. The van der Waals surface area contributed by atoms with Gasteiger partial charge in [-0.15, -0.1) is 0 Å². The number of benzene rings is 2. The van der Waals surface area contributed by atoms with Crippen LogP contribution in [0.2, 0.25) is 0 Å². The Bertz CT molecular complexity index is 884. The summed E-state index contributed by atoms with van der Waals surface area (Å²) in [6, 6.07) is 14.4. The number of carbonyl (C=O) groups excluding carboxylic acids is 1. The van der Waals surface area contributed by atoms with E-state index < -0.39 is 0 Å². The van der Waals surface area contributed by atoms with E-state index in [1.165, 1.54) is 24.2 Å². The van der Waals surface area contributed by atoms with Crippen molar-refractivity contribution < 1.29 is 14.1 Å². The zero-order valence-electron chi connectivity index (χ0n) is 14.0. The highest BCUT2D eigenvalue weighted by molar-refractivity contribution is 6.06. The number of hydrogen-bond acceptors (Lipinski definition) is 2. The molecule has 2 atom stereocenters. The highest BCUT2D eigenvalue weighted by atomic mass is 16.3. The quantitative estimate of drug-likeness (QED) is 0.778. The number of nitrogens with one attached hydrogen (secondary N) is 2. The lowest BCUT2D eigenvalue weighted by Gasteiger charge is -2.29. The molecule has 0 spiro atoms. The Morgan fingerprint density at radius 1 is 1.17 bits per heavy atom. The molecule has 1 saturated heterocycles. The van der Waals surface area contributed by atoms with Crippen molar-refractivity contribution in [3.63, 3.8) is 0 Å². The number of likely N-dealkylation sites (tertiary alicyclic amines) is 1. The summed E-state index contributed by atoms with van der Waals surface area (Å²) in [6.07, 6.45) is 3.73. The van der Waals surface area contributed by atoms with Crippen LogP contribution in [0, 0.1) is 0 Å². The molecule has 4 nitrogen and oxygen atoms in total. The van der Waals surface area contributed by atoms with Crippen LogP contribution in [0.25, 0.3) is 21.9 Å². The van der Waals surface area contributed by atoms with E-state index in [9.17, 15) is 4.79 Å². The Kier molecular flexibility index (Phi) is 3.98. The fraction of sp³-hybridized carbons (Fsp3) is 0.350. The van der Waals surface area contributed by atoms with Gasteiger partial charge >= 0.3 is 0 Å². The van der Waals surface area contributed by atoms with Crippen LogP contribution in [-0.4, -0.2) is 25.0 Å². The monoisotopic (exact) mass is 323 g/mol. The number of anilines is 1. The topological polar surface area (TPSA) is 46.7 Å². The number of carbonyl (C=O) groups is 1. The second-order valence-corrected chi connectivity index (χ2v) is 6.84. The Hall–Kier alpha value is -2.33. The van der Waals surface area contributed by atoms with Crippen molar-refractivity contribution in [2.45, 2.75) is 32.2 Å². The van der Waals surface area contributed by atoms with Crippen molar-refractivity contribution >= 4 is 33.5 Å². The lowest BCUT2D eigenvalue weighted by atomic mass is 10.0. The van der Waals surface area contributed by atoms with Crippen LogP contribution < -0.4 is 10.2 Å². The van der Waals surface area contributed by atoms with E-state index in [0.717, 1.165) is 34.2 Å². The minimum atomic E-state index is 0.0888. The van der Waals surface area contributed by atoms with E-state index >= 15 is 0 Å². The van der Waals surface area contributed by atoms with E-state index in [1.807, 2.05) is 42.5 Å². The summed E-state index contributed by atoms with van der Waals surface area (Å²) in [4.78, 5) is 13.8. The SMILES string of the molecule is C[C@H]1CCCC[NH+]1CC(=O)Nc1ccc2oc3ccccc3c2c1.